The SMILES string of the molecule is CCOc1cc(C)c(CCNC)cc1C. The van der Waals surface area contributed by atoms with Gasteiger partial charge in [0.15, 0.2) is 0 Å². The zero-order valence-corrected chi connectivity index (χ0v) is 10.2. The highest BCUT2D eigenvalue weighted by Gasteiger charge is 2.04. The first-order chi connectivity index (χ1) is 7.19. The van der Waals surface area contributed by atoms with Crippen LogP contribution in [-0.2, 0) is 6.42 Å². The van der Waals surface area contributed by atoms with E-state index in [-0.39, 0.29) is 0 Å². The van der Waals surface area contributed by atoms with E-state index in [0.29, 0.717) is 0 Å². The van der Waals surface area contributed by atoms with Crippen LogP contribution >= 0.6 is 0 Å². The number of likely N-dealkylation sites (N-methyl/N-ethyl adjacent to an activating group) is 1. The minimum absolute atomic E-state index is 0.732. The monoisotopic (exact) mass is 207 g/mol. The summed E-state index contributed by atoms with van der Waals surface area (Å²) in [6.45, 7) is 8.02. The van der Waals surface area contributed by atoms with E-state index in [1.807, 2.05) is 14.0 Å². The van der Waals surface area contributed by atoms with Crippen LogP contribution in [0.2, 0.25) is 0 Å². The van der Waals surface area contributed by atoms with E-state index < -0.39 is 0 Å². The normalized spacial score (nSPS) is 10.4. The third kappa shape index (κ3) is 3.24. The maximum Gasteiger partial charge on any atom is 0.122 e. The predicted octanol–water partition coefficient (Wildman–Crippen LogP) is 2.46. The van der Waals surface area contributed by atoms with Crippen molar-refractivity contribution in [3.63, 3.8) is 0 Å². The summed E-state index contributed by atoms with van der Waals surface area (Å²) in [7, 11) is 1.98. The maximum atomic E-state index is 5.56. The summed E-state index contributed by atoms with van der Waals surface area (Å²) >= 11 is 0. The van der Waals surface area contributed by atoms with Crippen LogP contribution in [0.1, 0.15) is 23.6 Å². The van der Waals surface area contributed by atoms with Crippen LogP contribution in [0.25, 0.3) is 0 Å². The Labute approximate surface area is 92.6 Å². The minimum atomic E-state index is 0.732. The molecule has 0 atom stereocenters. The first-order valence-corrected chi connectivity index (χ1v) is 5.56. The molecule has 2 heteroatoms. The molecule has 15 heavy (non-hydrogen) atoms. The maximum absolute atomic E-state index is 5.56. The van der Waals surface area contributed by atoms with Crippen molar-refractivity contribution in [1.82, 2.24) is 5.32 Å². The summed E-state index contributed by atoms with van der Waals surface area (Å²) in [6.07, 6.45) is 1.08. The van der Waals surface area contributed by atoms with Crippen LogP contribution in [0.15, 0.2) is 12.1 Å². The topological polar surface area (TPSA) is 21.3 Å². The van der Waals surface area contributed by atoms with Gasteiger partial charge in [-0.05, 0) is 63.5 Å². The van der Waals surface area contributed by atoms with E-state index >= 15 is 0 Å². The molecule has 0 aromatic heterocycles. The van der Waals surface area contributed by atoms with Crippen molar-refractivity contribution in [3.8, 4) is 5.75 Å². The standard InChI is InChI=1S/C13H21NO/c1-5-15-13-9-10(2)12(6-7-14-4)8-11(13)3/h8-9,14H,5-7H2,1-4H3. The van der Waals surface area contributed by atoms with E-state index in [4.69, 9.17) is 4.74 Å². The highest BCUT2D eigenvalue weighted by molar-refractivity contribution is 5.41. The molecule has 0 saturated carbocycles. The second-order valence-corrected chi connectivity index (χ2v) is 3.83. The Bertz CT molecular complexity index is 321. The molecular weight excluding hydrogens is 186 g/mol. The zero-order valence-electron chi connectivity index (χ0n) is 10.2. The second kappa shape index (κ2) is 5.76. The third-order valence-corrected chi connectivity index (χ3v) is 2.58. The lowest BCUT2D eigenvalue weighted by Gasteiger charge is -2.12. The number of hydrogen-bond donors (Lipinski definition) is 1. The summed E-state index contributed by atoms with van der Waals surface area (Å²) in [5.41, 5.74) is 3.96. The largest absolute Gasteiger partial charge is 0.494 e. The first-order valence-electron chi connectivity index (χ1n) is 5.56. The first kappa shape index (κ1) is 12.1. The van der Waals surface area contributed by atoms with Crippen molar-refractivity contribution in [2.45, 2.75) is 27.2 Å². The summed E-state index contributed by atoms with van der Waals surface area (Å²) in [5, 5.41) is 3.17. The predicted molar refractivity (Wildman–Crippen MR) is 64.7 cm³/mol. The van der Waals surface area contributed by atoms with Crippen molar-refractivity contribution in [2.24, 2.45) is 0 Å². The van der Waals surface area contributed by atoms with Gasteiger partial charge in [0.05, 0.1) is 6.61 Å². The number of ether oxygens (including phenoxy) is 1. The number of hydrogen-bond acceptors (Lipinski definition) is 2. The molecule has 0 unspecified atom stereocenters. The summed E-state index contributed by atoms with van der Waals surface area (Å²) in [4.78, 5) is 0. The van der Waals surface area contributed by atoms with Gasteiger partial charge in [0.25, 0.3) is 0 Å². The van der Waals surface area contributed by atoms with E-state index in [1.165, 1.54) is 16.7 Å². The van der Waals surface area contributed by atoms with Gasteiger partial charge >= 0.3 is 0 Å². The molecule has 0 radical (unpaired) electrons. The van der Waals surface area contributed by atoms with Crippen molar-refractivity contribution < 1.29 is 4.74 Å². The van der Waals surface area contributed by atoms with Crippen LogP contribution < -0.4 is 10.1 Å². The van der Waals surface area contributed by atoms with Gasteiger partial charge < -0.3 is 10.1 Å². The quantitative estimate of drug-likeness (QED) is 0.801. The lowest BCUT2D eigenvalue weighted by molar-refractivity contribution is 0.337. The molecule has 1 aromatic carbocycles. The van der Waals surface area contributed by atoms with Gasteiger partial charge in [-0.15, -0.1) is 0 Å². The Morgan fingerprint density at radius 1 is 1.20 bits per heavy atom. The van der Waals surface area contributed by atoms with Crippen LogP contribution in [0.3, 0.4) is 0 Å². The molecule has 0 aliphatic heterocycles. The Kier molecular flexibility index (Phi) is 4.63. The van der Waals surface area contributed by atoms with Crippen LogP contribution in [0.5, 0.6) is 5.75 Å². The van der Waals surface area contributed by atoms with Crippen LogP contribution in [0.4, 0.5) is 0 Å². The Balaban J connectivity index is 2.87. The molecule has 2 nitrogen and oxygen atoms in total. The Morgan fingerprint density at radius 2 is 1.93 bits per heavy atom. The Hall–Kier alpha value is -1.02. The molecule has 1 aromatic rings. The fraction of sp³-hybridized carbons (Fsp3) is 0.538. The van der Waals surface area contributed by atoms with Gasteiger partial charge in [-0.2, -0.15) is 0 Å². The molecule has 0 saturated heterocycles. The smallest absolute Gasteiger partial charge is 0.122 e. The molecule has 0 amide bonds. The van der Waals surface area contributed by atoms with Crippen LogP contribution in [0, 0.1) is 13.8 Å². The second-order valence-electron chi connectivity index (χ2n) is 3.83. The highest BCUT2D eigenvalue weighted by atomic mass is 16.5. The molecule has 0 aliphatic rings. The molecule has 0 spiro atoms. The van der Waals surface area contributed by atoms with Gasteiger partial charge in [0.2, 0.25) is 0 Å². The molecule has 0 aliphatic carbocycles. The zero-order chi connectivity index (χ0) is 11.3. The van der Waals surface area contributed by atoms with Gasteiger partial charge in [-0.3, -0.25) is 0 Å². The fourth-order valence-corrected chi connectivity index (χ4v) is 1.69. The summed E-state index contributed by atoms with van der Waals surface area (Å²) < 4.78 is 5.56. The molecule has 1 rings (SSSR count). The fourth-order valence-electron chi connectivity index (χ4n) is 1.69. The van der Waals surface area contributed by atoms with Crippen molar-refractivity contribution >= 4 is 0 Å². The van der Waals surface area contributed by atoms with Crippen molar-refractivity contribution in [2.75, 3.05) is 20.2 Å². The number of aryl methyl sites for hydroxylation is 2. The minimum Gasteiger partial charge on any atom is -0.494 e. The van der Waals surface area contributed by atoms with Crippen LogP contribution in [-0.4, -0.2) is 20.2 Å². The van der Waals surface area contributed by atoms with Gasteiger partial charge in [0, 0.05) is 0 Å². The van der Waals surface area contributed by atoms with E-state index in [1.54, 1.807) is 0 Å². The number of rotatable bonds is 5. The average molecular weight is 207 g/mol. The Morgan fingerprint density at radius 3 is 2.53 bits per heavy atom. The summed E-state index contributed by atoms with van der Waals surface area (Å²) in [6, 6.07) is 4.38. The van der Waals surface area contributed by atoms with Crippen molar-refractivity contribution in [1.29, 1.82) is 0 Å². The van der Waals surface area contributed by atoms with E-state index in [9.17, 15) is 0 Å². The average Bonchev–Trinajstić information content (AvgIpc) is 2.21. The van der Waals surface area contributed by atoms with Gasteiger partial charge in [-0.1, -0.05) is 6.07 Å². The molecule has 1 N–H and O–H groups in total. The lowest BCUT2D eigenvalue weighted by atomic mass is 10.0. The highest BCUT2D eigenvalue weighted by Crippen LogP contribution is 2.23. The molecule has 84 valence electrons. The molecule has 0 fully saturated rings. The number of nitrogens with one attached hydrogen (secondary N) is 1. The third-order valence-electron chi connectivity index (χ3n) is 2.58. The van der Waals surface area contributed by atoms with Gasteiger partial charge in [-0.25, -0.2) is 0 Å². The van der Waals surface area contributed by atoms with Gasteiger partial charge in [0.1, 0.15) is 5.75 Å². The van der Waals surface area contributed by atoms with E-state index in [2.05, 4.69) is 31.3 Å². The summed E-state index contributed by atoms with van der Waals surface area (Å²) in [5.74, 6) is 1.02. The molecule has 0 heterocycles. The van der Waals surface area contributed by atoms with Crippen molar-refractivity contribution in [3.05, 3.63) is 28.8 Å². The molecular formula is C13H21NO. The molecule has 0 bridgehead atoms. The number of benzene rings is 1. The van der Waals surface area contributed by atoms with E-state index in [0.717, 1.165) is 25.3 Å². The lowest BCUT2D eigenvalue weighted by Crippen LogP contribution is -2.11.